The Morgan fingerprint density at radius 2 is 1.85 bits per heavy atom. The van der Waals surface area contributed by atoms with Crippen LogP contribution in [0.5, 0.6) is 5.75 Å². The minimum absolute atomic E-state index is 0.00947. The van der Waals surface area contributed by atoms with Crippen LogP contribution in [0.4, 0.5) is 5.95 Å². The summed E-state index contributed by atoms with van der Waals surface area (Å²) in [6.45, 7) is 6.79. The highest BCUT2D eigenvalue weighted by Crippen LogP contribution is 2.41. The van der Waals surface area contributed by atoms with Gasteiger partial charge in [-0.05, 0) is 44.9 Å². The van der Waals surface area contributed by atoms with Crippen LogP contribution in [0.15, 0.2) is 65.5 Å². The second-order valence-electron chi connectivity index (χ2n) is 9.47. The number of hydrogen-bond donors (Lipinski definition) is 2. The fourth-order valence-electron chi connectivity index (χ4n) is 5.00. The highest BCUT2D eigenvalue weighted by atomic mass is 16.6. The molecule has 1 saturated heterocycles. The van der Waals surface area contributed by atoms with Gasteiger partial charge in [-0.15, -0.1) is 0 Å². The Hall–Kier alpha value is -4.19. The summed E-state index contributed by atoms with van der Waals surface area (Å²) in [6, 6.07) is 8.85. The van der Waals surface area contributed by atoms with Gasteiger partial charge in [-0.1, -0.05) is 18.2 Å². The summed E-state index contributed by atoms with van der Waals surface area (Å²) in [4.78, 5) is 37.4. The van der Waals surface area contributed by atoms with Gasteiger partial charge >= 0.3 is 5.97 Å². The number of nitrogens with one attached hydrogen (secondary N) is 1. The summed E-state index contributed by atoms with van der Waals surface area (Å²) in [6.07, 6.45) is 6.39. The minimum atomic E-state index is -1.02. The maximum atomic E-state index is 12.6. The van der Waals surface area contributed by atoms with E-state index in [-0.39, 0.29) is 22.8 Å². The predicted molar refractivity (Wildman–Crippen MR) is 145 cm³/mol. The lowest BCUT2D eigenvalue weighted by Crippen LogP contribution is -2.47. The highest BCUT2D eigenvalue weighted by Gasteiger charge is 2.42. The van der Waals surface area contributed by atoms with Gasteiger partial charge in [-0.25, -0.2) is 14.8 Å². The molecule has 2 aliphatic heterocycles. The molecule has 0 bridgehead atoms. The molecular formula is C27H35N7O5. The summed E-state index contributed by atoms with van der Waals surface area (Å²) < 4.78 is 11.0. The van der Waals surface area contributed by atoms with E-state index < -0.39 is 16.8 Å². The second-order valence-corrected chi connectivity index (χ2v) is 9.47. The molecule has 0 aliphatic carbocycles. The maximum Gasteiger partial charge on any atom is 0.338 e. The second kappa shape index (κ2) is 13.1. The predicted octanol–water partition coefficient (Wildman–Crippen LogP) is 2.39. The number of hydrogen-bond acceptors (Lipinski definition) is 11. The number of unbranched alkanes of at least 4 members (excludes halogenated alkanes) is 2. The average Bonchev–Trinajstić information content (AvgIpc) is 2.95. The summed E-state index contributed by atoms with van der Waals surface area (Å²) in [5.41, 5.74) is 6.68. The van der Waals surface area contributed by atoms with Crippen LogP contribution >= 0.6 is 0 Å². The number of rotatable bonds is 11. The minimum Gasteiger partial charge on any atom is -0.493 e. The van der Waals surface area contributed by atoms with Crippen molar-refractivity contribution in [2.45, 2.75) is 32.1 Å². The Kier molecular flexibility index (Phi) is 9.31. The maximum absolute atomic E-state index is 12.6. The fraction of sp³-hybridized carbons (Fsp3) is 0.444. The van der Waals surface area contributed by atoms with Crippen LogP contribution in [0.3, 0.4) is 0 Å². The van der Waals surface area contributed by atoms with Gasteiger partial charge in [0, 0.05) is 44.1 Å². The standard InChI is InChI=1S/C27H35N7O5/c1-19-24(34(36)37)22(23(25(28)31-19)26(35)38-2)20-9-4-5-10-21(20)39-18-7-3-6-13-32-14-16-33(17-15-32)27-29-11-8-12-30-27/h4-5,8-12,22,31H,3,6-7,13-18,28H2,1-2H3. The monoisotopic (exact) mass is 537 g/mol. The Morgan fingerprint density at radius 3 is 2.54 bits per heavy atom. The molecule has 1 aromatic heterocycles. The molecular weight excluding hydrogens is 502 g/mol. The molecule has 0 radical (unpaired) electrons. The summed E-state index contributed by atoms with van der Waals surface area (Å²) in [5, 5.41) is 14.8. The van der Waals surface area contributed by atoms with Gasteiger partial charge in [0.15, 0.2) is 0 Å². The first-order chi connectivity index (χ1) is 18.9. The van der Waals surface area contributed by atoms with E-state index in [2.05, 4.69) is 25.1 Å². The lowest BCUT2D eigenvalue weighted by molar-refractivity contribution is -0.431. The summed E-state index contributed by atoms with van der Waals surface area (Å²) in [7, 11) is 1.22. The van der Waals surface area contributed by atoms with Crippen LogP contribution in [0.2, 0.25) is 0 Å². The fourth-order valence-corrected chi connectivity index (χ4v) is 5.00. The number of aromatic nitrogens is 2. The number of dihydropyridines is 1. The van der Waals surface area contributed by atoms with E-state index in [1.54, 1.807) is 43.6 Å². The number of nitro groups is 1. The van der Waals surface area contributed by atoms with Crippen molar-refractivity contribution in [2.75, 3.05) is 51.3 Å². The number of methoxy groups -OCH3 is 1. The highest BCUT2D eigenvalue weighted by molar-refractivity contribution is 5.92. The number of para-hydroxylation sites is 1. The average molecular weight is 538 g/mol. The molecule has 2 aliphatic rings. The SMILES string of the molecule is COC(=O)C1=C(N)NC(C)=C([N+](=O)[O-])C1c1ccccc1OCCCCCN1CCN(c2ncccn2)CC1. The Balaban J connectivity index is 1.31. The van der Waals surface area contributed by atoms with E-state index in [9.17, 15) is 14.9 Å². The smallest absolute Gasteiger partial charge is 0.338 e. The number of esters is 1. The van der Waals surface area contributed by atoms with E-state index in [0.29, 0.717) is 17.9 Å². The van der Waals surface area contributed by atoms with Gasteiger partial charge in [0.2, 0.25) is 5.95 Å². The molecule has 3 heterocycles. The van der Waals surface area contributed by atoms with Crippen LogP contribution in [0.25, 0.3) is 0 Å². The number of nitrogens with zero attached hydrogens (tertiary/aromatic N) is 5. The van der Waals surface area contributed by atoms with Crippen molar-refractivity contribution in [3.05, 3.63) is 81.2 Å². The molecule has 12 nitrogen and oxygen atoms in total. The first-order valence-corrected chi connectivity index (χ1v) is 13.1. The molecule has 39 heavy (non-hydrogen) atoms. The number of allylic oxidation sites excluding steroid dienone is 2. The van der Waals surface area contributed by atoms with Crippen LogP contribution in [0, 0.1) is 10.1 Å². The third kappa shape index (κ3) is 6.63. The molecule has 12 heteroatoms. The largest absolute Gasteiger partial charge is 0.493 e. The zero-order valence-corrected chi connectivity index (χ0v) is 22.3. The number of carbonyl (C=O) groups is 1. The van der Waals surface area contributed by atoms with Gasteiger partial charge in [-0.2, -0.15) is 0 Å². The number of carbonyl (C=O) groups excluding carboxylic acids is 1. The normalized spacial score (nSPS) is 18.1. The summed E-state index contributed by atoms with van der Waals surface area (Å²) >= 11 is 0. The molecule has 1 aromatic carbocycles. The van der Waals surface area contributed by atoms with E-state index in [1.165, 1.54) is 7.11 Å². The number of ether oxygens (including phenoxy) is 2. The van der Waals surface area contributed by atoms with Gasteiger partial charge in [0.05, 0.1) is 29.9 Å². The van der Waals surface area contributed by atoms with Crippen molar-refractivity contribution in [2.24, 2.45) is 5.73 Å². The van der Waals surface area contributed by atoms with Gasteiger partial charge in [0.1, 0.15) is 17.5 Å². The van der Waals surface area contributed by atoms with Crippen LogP contribution in [-0.4, -0.2) is 72.2 Å². The number of anilines is 1. The van der Waals surface area contributed by atoms with Crippen molar-refractivity contribution in [1.82, 2.24) is 20.2 Å². The zero-order chi connectivity index (χ0) is 27.8. The topological polar surface area (TPSA) is 149 Å². The first kappa shape index (κ1) is 27.8. The molecule has 4 rings (SSSR count). The number of piperazine rings is 1. The molecule has 1 atom stereocenters. The van der Waals surface area contributed by atoms with E-state index in [4.69, 9.17) is 15.2 Å². The quantitative estimate of drug-likeness (QED) is 0.188. The molecule has 1 unspecified atom stereocenters. The number of nitrogens with two attached hydrogens (primary N) is 1. The van der Waals surface area contributed by atoms with E-state index in [0.717, 1.165) is 57.9 Å². The summed E-state index contributed by atoms with van der Waals surface area (Å²) in [5.74, 6) is -0.465. The molecule has 3 N–H and O–H groups in total. The first-order valence-electron chi connectivity index (χ1n) is 13.1. The van der Waals surface area contributed by atoms with Gasteiger partial charge in [-0.3, -0.25) is 15.0 Å². The molecule has 0 amide bonds. The molecule has 2 aromatic rings. The number of benzene rings is 1. The lowest BCUT2D eigenvalue weighted by atomic mass is 9.84. The Labute approximate surface area is 227 Å². The van der Waals surface area contributed by atoms with Crippen molar-refractivity contribution in [3.63, 3.8) is 0 Å². The molecule has 0 spiro atoms. The van der Waals surface area contributed by atoms with Crippen molar-refractivity contribution >= 4 is 11.9 Å². The zero-order valence-electron chi connectivity index (χ0n) is 22.3. The van der Waals surface area contributed by atoms with Crippen LogP contribution in [0.1, 0.15) is 37.7 Å². The van der Waals surface area contributed by atoms with Crippen molar-refractivity contribution in [1.29, 1.82) is 0 Å². The van der Waals surface area contributed by atoms with Crippen LogP contribution in [-0.2, 0) is 9.53 Å². The Bertz CT molecular complexity index is 1230. The molecule has 0 saturated carbocycles. The lowest BCUT2D eigenvalue weighted by Gasteiger charge is -2.34. The van der Waals surface area contributed by atoms with Crippen molar-refractivity contribution in [3.8, 4) is 5.75 Å². The van der Waals surface area contributed by atoms with Gasteiger partial charge in [0.25, 0.3) is 5.70 Å². The third-order valence-corrected chi connectivity index (χ3v) is 6.97. The molecule has 1 fully saturated rings. The van der Waals surface area contributed by atoms with Crippen LogP contribution < -0.4 is 20.7 Å². The van der Waals surface area contributed by atoms with Crippen molar-refractivity contribution < 1.29 is 19.2 Å². The van der Waals surface area contributed by atoms with E-state index >= 15 is 0 Å². The Morgan fingerprint density at radius 1 is 1.13 bits per heavy atom. The van der Waals surface area contributed by atoms with Gasteiger partial charge < -0.3 is 25.4 Å². The third-order valence-electron chi connectivity index (χ3n) is 6.97. The molecule has 208 valence electrons. The van der Waals surface area contributed by atoms with E-state index in [1.807, 2.05) is 6.07 Å².